The molecule has 1 radical (unpaired) electrons. The molecule has 0 aromatic heterocycles. The largest absolute Gasteiger partial charge is 0.489 e. The lowest BCUT2D eigenvalue weighted by atomic mass is 9.82. The second kappa shape index (κ2) is 8.33. The Kier molecular flexibility index (Phi) is 6.72. The summed E-state index contributed by atoms with van der Waals surface area (Å²) in [4.78, 5) is 13.8. The van der Waals surface area contributed by atoms with Gasteiger partial charge in [0.1, 0.15) is 17.5 Å². The molecule has 1 amide bonds. The number of carbonyl (C=O) groups is 1. The molecule has 0 spiro atoms. The van der Waals surface area contributed by atoms with Crippen molar-refractivity contribution in [2.24, 2.45) is 0 Å². The third kappa shape index (κ3) is 6.42. The Hall–Kier alpha value is -1.73. The van der Waals surface area contributed by atoms with Crippen LogP contribution in [-0.4, -0.2) is 59.6 Å². The van der Waals surface area contributed by atoms with Crippen molar-refractivity contribution in [1.82, 2.24) is 4.90 Å². The summed E-state index contributed by atoms with van der Waals surface area (Å²) in [6.45, 7) is 13.9. The number of ether oxygens (including phenoxy) is 2. The Labute approximate surface area is 169 Å². The van der Waals surface area contributed by atoms with Crippen LogP contribution in [0.15, 0.2) is 24.3 Å². The summed E-state index contributed by atoms with van der Waals surface area (Å²) in [5.74, 6) is 0.745. The number of hydrogen-bond acceptors (Lipinski definition) is 5. The molecule has 1 atom stereocenters. The molecule has 6 nitrogen and oxygen atoms in total. The highest BCUT2D eigenvalue weighted by Gasteiger charge is 2.35. The van der Waals surface area contributed by atoms with Gasteiger partial charge in [0.15, 0.2) is 0 Å². The number of carbonyl (C=O) groups excluding carboxylic acids is 1. The Morgan fingerprint density at radius 3 is 2.25 bits per heavy atom. The minimum Gasteiger partial charge on any atom is -0.489 e. The van der Waals surface area contributed by atoms with E-state index in [-0.39, 0.29) is 12.2 Å². The minimum absolute atomic E-state index is 0.0484. The van der Waals surface area contributed by atoms with Crippen molar-refractivity contribution in [1.29, 1.82) is 0 Å². The van der Waals surface area contributed by atoms with E-state index in [1.165, 1.54) is 0 Å². The summed E-state index contributed by atoms with van der Waals surface area (Å²) >= 11 is 0. The first-order chi connectivity index (χ1) is 12.8. The van der Waals surface area contributed by atoms with Gasteiger partial charge in [-0.2, -0.15) is 0 Å². The maximum Gasteiger partial charge on any atom is 0.410 e. The van der Waals surface area contributed by atoms with Crippen LogP contribution in [0.2, 0.25) is 0 Å². The van der Waals surface area contributed by atoms with Gasteiger partial charge in [-0.05, 0) is 60.6 Å². The van der Waals surface area contributed by atoms with Crippen molar-refractivity contribution in [2.45, 2.75) is 77.8 Å². The fraction of sp³-hybridized carbons (Fsp3) is 0.667. The number of rotatable bonds is 6. The predicted octanol–water partition coefficient (Wildman–Crippen LogP) is 2.89. The van der Waals surface area contributed by atoms with Gasteiger partial charge in [0, 0.05) is 13.0 Å². The lowest BCUT2D eigenvalue weighted by molar-refractivity contribution is -0.0893. The smallest absolute Gasteiger partial charge is 0.410 e. The van der Waals surface area contributed by atoms with Crippen LogP contribution in [0, 0.1) is 0 Å². The molecule has 2 rings (SSSR count). The Balaban J connectivity index is 1.84. The topological polar surface area (TPSA) is 68.2 Å². The van der Waals surface area contributed by atoms with E-state index in [9.17, 15) is 9.90 Å². The molecule has 0 saturated carbocycles. The second-order valence-electron chi connectivity index (χ2n) is 9.33. The lowest BCUT2D eigenvalue weighted by Gasteiger charge is -2.37. The van der Waals surface area contributed by atoms with E-state index in [0.717, 1.165) is 17.6 Å². The van der Waals surface area contributed by atoms with Crippen LogP contribution in [0.3, 0.4) is 0 Å². The zero-order valence-corrected chi connectivity index (χ0v) is 18.1. The van der Waals surface area contributed by atoms with E-state index in [1.54, 1.807) is 26.2 Å². The molecule has 1 heterocycles. The van der Waals surface area contributed by atoms with E-state index in [1.807, 2.05) is 58.9 Å². The number of likely N-dealkylation sites (tertiary alicyclic amines) is 1. The van der Waals surface area contributed by atoms with Crippen LogP contribution in [0.1, 0.15) is 54.9 Å². The summed E-state index contributed by atoms with van der Waals surface area (Å²) in [6.07, 6.45) is 0.429. The van der Waals surface area contributed by atoms with Gasteiger partial charge in [0.2, 0.25) is 0 Å². The zero-order chi connectivity index (χ0) is 21.2. The van der Waals surface area contributed by atoms with Crippen molar-refractivity contribution >= 4 is 19.0 Å². The van der Waals surface area contributed by atoms with Crippen molar-refractivity contribution in [2.75, 3.05) is 13.1 Å². The summed E-state index contributed by atoms with van der Waals surface area (Å²) in [6, 6.07) is 7.55. The van der Waals surface area contributed by atoms with Crippen LogP contribution < -0.4 is 10.2 Å². The lowest BCUT2D eigenvalue weighted by Crippen LogP contribution is -2.49. The number of nitrogens with zero attached hydrogens (tertiary/aromatic N) is 1. The molecule has 1 aromatic rings. The summed E-state index contributed by atoms with van der Waals surface area (Å²) < 4.78 is 17.2. The van der Waals surface area contributed by atoms with Crippen molar-refractivity contribution in [3.05, 3.63) is 24.3 Å². The molecule has 1 aliphatic heterocycles. The van der Waals surface area contributed by atoms with E-state index in [2.05, 4.69) is 0 Å². The average Bonchev–Trinajstić information content (AvgIpc) is 3.00. The van der Waals surface area contributed by atoms with Gasteiger partial charge in [0.25, 0.3) is 0 Å². The molecule has 1 aromatic carbocycles. The van der Waals surface area contributed by atoms with Gasteiger partial charge < -0.3 is 24.1 Å². The normalized spacial score (nSPS) is 18.1. The van der Waals surface area contributed by atoms with Gasteiger partial charge in [-0.15, -0.1) is 0 Å². The highest BCUT2D eigenvalue weighted by atomic mass is 16.6. The van der Waals surface area contributed by atoms with Gasteiger partial charge in [0.05, 0.1) is 17.7 Å². The molecule has 155 valence electrons. The first kappa shape index (κ1) is 22.6. The van der Waals surface area contributed by atoms with E-state index >= 15 is 0 Å². The fourth-order valence-electron chi connectivity index (χ4n) is 2.49. The SMILES string of the molecule is CC(C)(C)OC(=O)N1CC[C@H](Oc2ccc([B]OC(C)(C)C(C)(C)O)cc2)C1. The molecule has 7 heteroatoms. The monoisotopic (exact) mass is 390 g/mol. The van der Waals surface area contributed by atoms with Gasteiger partial charge >= 0.3 is 13.6 Å². The molecule has 1 aliphatic rings. The maximum absolute atomic E-state index is 12.1. The van der Waals surface area contributed by atoms with Crippen LogP contribution in [0.5, 0.6) is 5.75 Å². The van der Waals surface area contributed by atoms with Crippen LogP contribution in [0.25, 0.3) is 0 Å². The van der Waals surface area contributed by atoms with E-state index < -0.39 is 16.8 Å². The zero-order valence-electron chi connectivity index (χ0n) is 18.1. The average molecular weight is 390 g/mol. The summed E-state index contributed by atoms with van der Waals surface area (Å²) in [5.41, 5.74) is -1.29. The molecular weight excluding hydrogens is 357 g/mol. The number of benzene rings is 1. The van der Waals surface area contributed by atoms with Crippen molar-refractivity contribution in [3.63, 3.8) is 0 Å². The molecule has 0 bridgehead atoms. The molecule has 1 N–H and O–H groups in total. The molecule has 1 fully saturated rings. The third-order valence-electron chi connectivity index (χ3n) is 4.94. The highest BCUT2D eigenvalue weighted by molar-refractivity contribution is 6.47. The van der Waals surface area contributed by atoms with Gasteiger partial charge in [-0.3, -0.25) is 0 Å². The quantitative estimate of drug-likeness (QED) is 0.757. The van der Waals surface area contributed by atoms with Crippen LogP contribution in [0.4, 0.5) is 4.79 Å². The number of aliphatic hydroxyl groups is 1. The first-order valence-corrected chi connectivity index (χ1v) is 9.75. The van der Waals surface area contributed by atoms with Gasteiger partial charge in [-0.1, -0.05) is 17.6 Å². The Morgan fingerprint density at radius 2 is 1.71 bits per heavy atom. The fourth-order valence-corrected chi connectivity index (χ4v) is 2.49. The van der Waals surface area contributed by atoms with E-state index in [4.69, 9.17) is 14.1 Å². The van der Waals surface area contributed by atoms with Crippen molar-refractivity contribution < 1.29 is 24.0 Å². The molecular formula is C21H33BNO5. The first-order valence-electron chi connectivity index (χ1n) is 9.75. The Bertz CT molecular complexity index is 661. The number of hydrogen-bond donors (Lipinski definition) is 1. The molecule has 28 heavy (non-hydrogen) atoms. The van der Waals surface area contributed by atoms with Gasteiger partial charge in [-0.25, -0.2) is 4.79 Å². The second-order valence-corrected chi connectivity index (χ2v) is 9.33. The highest BCUT2D eigenvalue weighted by Crippen LogP contribution is 2.24. The minimum atomic E-state index is -0.963. The summed E-state index contributed by atoms with van der Waals surface area (Å²) in [7, 11) is 1.64. The maximum atomic E-state index is 12.1. The predicted molar refractivity (Wildman–Crippen MR) is 110 cm³/mol. The molecule has 0 unspecified atom stereocenters. The van der Waals surface area contributed by atoms with Crippen LogP contribution in [-0.2, 0) is 9.39 Å². The number of amides is 1. The molecule has 0 aliphatic carbocycles. The van der Waals surface area contributed by atoms with Crippen LogP contribution >= 0.6 is 0 Å². The Morgan fingerprint density at radius 1 is 1.11 bits per heavy atom. The van der Waals surface area contributed by atoms with E-state index in [0.29, 0.717) is 13.1 Å². The van der Waals surface area contributed by atoms with Crippen molar-refractivity contribution in [3.8, 4) is 5.75 Å². The third-order valence-corrected chi connectivity index (χ3v) is 4.94. The molecule has 1 saturated heterocycles. The standard InChI is InChI=1S/C21H33BNO5/c1-19(2,3)27-18(24)23-13-12-17(14-23)26-16-10-8-15(9-11-16)22-28-21(6,7)20(4,5)25/h8-11,17,25H,12-14H2,1-7H3/t17-/m0/s1. The summed E-state index contributed by atoms with van der Waals surface area (Å²) in [5, 5.41) is 10.1.